The summed E-state index contributed by atoms with van der Waals surface area (Å²) < 4.78 is 17.6. The molecule has 0 N–H and O–H groups in total. The van der Waals surface area contributed by atoms with Crippen molar-refractivity contribution in [1.29, 1.82) is 0 Å². The van der Waals surface area contributed by atoms with Gasteiger partial charge >= 0.3 is 12.8 Å². The first-order chi connectivity index (χ1) is 10.9. The number of rotatable bonds is 5. The first-order valence-corrected chi connectivity index (χ1v) is 8.28. The predicted octanol–water partition coefficient (Wildman–Crippen LogP) is 3.58. The Morgan fingerprint density at radius 2 is 1.79 bits per heavy atom. The Bertz CT molecular complexity index is 632. The van der Waals surface area contributed by atoms with E-state index in [0.717, 1.165) is 0 Å². The number of nitrogens with zero attached hydrogens (tertiary/aromatic N) is 1. The fraction of sp³-hybridized carbons (Fsp3) is 0.625. The third kappa shape index (κ3) is 3.68. The molecule has 1 aliphatic rings. The molecule has 0 atom stereocenters. The molecule has 0 saturated carbocycles. The van der Waals surface area contributed by atoms with Crippen LogP contribution in [0.25, 0.3) is 0 Å². The van der Waals surface area contributed by atoms with Gasteiger partial charge in [0.05, 0.1) is 22.7 Å². The van der Waals surface area contributed by atoms with E-state index in [1.165, 1.54) is 6.07 Å². The summed E-state index contributed by atoms with van der Waals surface area (Å²) >= 11 is 6.25. The zero-order valence-corrected chi connectivity index (χ0v) is 15.6. The van der Waals surface area contributed by atoms with E-state index in [1.807, 2.05) is 41.5 Å². The van der Waals surface area contributed by atoms with Crippen molar-refractivity contribution in [3.05, 3.63) is 27.3 Å². The molecule has 0 spiro atoms. The molecule has 1 aliphatic heterocycles. The molecule has 1 aromatic rings. The minimum atomic E-state index is -0.704. The third-order valence-electron chi connectivity index (χ3n) is 4.35. The second kappa shape index (κ2) is 6.54. The highest BCUT2D eigenvalue weighted by Gasteiger charge is 2.52. The average Bonchev–Trinajstić information content (AvgIpc) is 2.65. The Labute approximate surface area is 147 Å². The maximum atomic E-state index is 11.3. The van der Waals surface area contributed by atoms with Gasteiger partial charge in [0, 0.05) is 16.6 Å². The van der Waals surface area contributed by atoms with Crippen molar-refractivity contribution in [2.24, 2.45) is 5.92 Å². The molecule has 2 rings (SSSR count). The number of hydrogen-bond acceptors (Lipinski definition) is 5. The average molecular weight is 356 g/mol. The summed E-state index contributed by atoms with van der Waals surface area (Å²) in [6.45, 7) is 12.0. The van der Waals surface area contributed by atoms with Crippen LogP contribution in [0.4, 0.5) is 5.69 Å². The predicted molar refractivity (Wildman–Crippen MR) is 94.2 cm³/mol. The van der Waals surface area contributed by atoms with Gasteiger partial charge in [-0.15, -0.1) is 0 Å². The largest absolute Gasteiger partial charge is 0.496 e. The standard InChI is InChI=1S/C16H23BClNO5/c1-10(2)9-22-14-7-11(12(18)8-13(14)19(20)21)17-23-15(3,4)16(5,6)24-17/h7-8,10H,9H2,1-6H3. The topological polar surface area (TPSA) is 70.8 Å². The Hall–Kier alpha value is -1.31. The van der Waals surface area contributed by atoms with Gasteiger partial charge in [-0.1, -0.05) is 25.4 Å². The van der Waals surface area contributed by atoms with Gasteiger partial charge in [-0.2, -0.15) is 0 Å². The van der Waals surface area contributed by atoms with Gasteiger partial charge < -0.3 is 14.0 Å². The van der Waals surface area contributed by atoms with Crippen molar-refractivity contribution >= 4 is 29.9 Å². The molecular formula is C16H23BClNO5. The molecule has 6 nitrogen and oxygen atoms in total. The van der Waals surface area contributed by atoms with Crippen LogP contribution in [0.3, 0.4) is 0 Å². The van der Waals surface area contributed by atoms with E-state index in [0.29, 0.717) is 12.1 Å². The summed E-state index contributed by atoms with van der Waals surface area (Å²) in [4.78, 5) is 10.8. The molecule has 0 aliphatic carbocycles. The Balaban J connectivity index is 2.41. The Morgan fingerprint density at radius 3 is 2.25 bits per heavy atom. The van der Waals surface area contributed by atoms with Gasteiger partial charge in [-0.3, -0.25) is 10.1 Å². The fourth-order valence-corrected chi connectivity index (χ4v) is 2.47. The van der Waals surface area contributed by atoms with E-state index >= 15 is 0 Å². The quantitative estimate of drug-likeness (QED) is 0.458. The van der Waals surface area contributed by atoms with Crippen LogP contribution in [0.5, 0.6) is 5.75 Å². The number of ether oxygens (including phenoxy) is 1. The first-order valence-electron chi connectivity index (χ1n) is 7.91. The lowest BCUT2D eigenvalue weighted by Crippen LogP contribution is -2.41. The molecule has 0 amide bonds. The van der Waals surface area contributed by atoms with Crippen LogP contribution in [-0.4, -0.2) is 29.9 Å². The maximum absolute atomic E-state index is 11.3. The van der Waals surface area contributed by atoms with Crippen molar-refractivity contribution in [2.75, 3.05) is 6.61 Å². The summed E-state index contributed by atoms with van der Waals surface area (Å²) in [5, 5.41) is 11.5. The Kier molecular flexibility index (Phi) is 5.18. The normalized spacial score (nSPS) is 18.9. The van der Waals surface area contributed by atoms with Crippen molar-refractivity contribution < 1.29 is 19.0 Å². The lowest BCUT2D eigenvalue weighted by molar-refractivity contribution is -0.385. The highest BCUT2D eigenvalue weighted by atomic mass is 35.5. The van der Waals surface area contributed by atoms with Crippen LogP contribution in [0, 0.1) is 16.0 Å². The lowest BCUT2D eigenvalue weighted by Gasteiger charge is -2.32. The molecule has 0 bridgehead atoms. The highest BCUT2D eigenvalue weighted by molar-refractivity contribution is 6.65. The monoisotopic (exact) mass is 355 g/mol. The molecular weight excluding hydrogens is 332 g/mol. The van der Waals surface area contributed by atoms with Gasteiger partial charge in [0.1, 0.15) is 0 Å². The van der Waals surface area contributed by atoms with Crippen molar-refractivity contribution in [3.8, 4) is 5.75 Å². The van der Waals surface area contributed by atoms with Crippen molar-refractivity contribution in [1.82, 2.24) is 0 Å². The number of benzene rings is 1. The molecule has 0 unspecified atom stereocenters. The fourth-order valence-electron chi connectivity index (χ4n) is 2.22. The number of nitro groups is 1. The van der Waals surface area contributed by atoms with Crippen LogP contribution < -0.4 is 10.2 Å². The van der Waals surface area contributed by atoms with Gasteiger partial charge in [-0.25, -0.2) is 0 Å². The van der Waals surface area contributed by atoms with E-state index in [9.17, 15) is 10.1 Å². The molecule has 1 heterocycles. The molecule has 1 aromatic carbocycles. The second-order valence-corrected chi connectivity index (χ2v) is 7.80. The summed E-state index contributed by atoms with van der Waals surface area (Å²) in [7, 11) is -0.704. The van der Waals surface area contributed by atoms with E-state index < -0.39 is 23.2 Å². The smallest absolute Gasteiger partial charge is 0.487 e. The van der Waals surface area contributed by atoms with Crippen LogP contribution in [-0.2, 0) is 9.31 Å². The third-order valence-corrected chi connectivity index (χ3v) is 4.68. The van der Waals surface area contributed by atoms with Crippen LogP contribution >= 0.6 is 11.6 Å². The lowest BCUT2D eigenvalue weighted by atomic mass is 9.78. The number of halogens is 1. The van der Waals surface area contributed by atoms with E-state index in [1.54, 1.807) is 6.07 Å². The maximum Gasteiger partial charge on any atom is 0.496 e. The van der Waals surface area contributed by atoms with Crippen LogP contribution in [0.15, 0.2) is 12.1 Å². The SMILES string of the molecule is CC(C)COc1cc(B2OC(C)(C)C(C)(C)O2)c(Cl)cc1[N+](=O)[O-]. The molecule has 132 valence electrons. The van der Waals surface area contributed by atoms with Crippen molar-refractivity contribution in [3.63, 3.8) is 0 Å². The van der Waals surface area contributed by atoms with E-state index in [2.05, 4.69) is 0 Å². The molecule has 1 fully saturated rings. The molecule has 8 heteroatoms. The van der Waals surface area contributed by atoms with E-state index in [-0.39, 0.29) is 22.4 Å². The molecule has 0 aromatic heterocycles. The van der Waals surface area contributed by atoms with Crippen LogP contribution in [0.1, 0.15) is 41.5 Å². The van der Waals surface area contributed by atoms with Crippen LogP contribution in [0.2, 0.25) is 5.02 Å². The molecule has 0 radical (unpaired) electrons. The highest BCUT2D eigenvalue weighted by Crippen LogP contribution is 2.38. The van der Waals surface area contributed by atoms with Gasteiger partial charge in [0.2, 0.25) is 0 Å². The molecule has 1 saturated heterocycles. The minimum Gasteiger partial charge on any atom is -0.487 e. The van der Waals surface area contributed by atoms with Gasteiger partial charge in [0.25, 0.3) is 0 Å². The minimum absolute atomic E-state index is 0.166. The zero-order valence-electron chi connectivity index (χ0n) is 14.9. The first kappa shape index (κ1) is 19.0. The summed E-state index contributed by atoms with van der Waals surface area (Å²) in [5.74, 6) is 0.406. The van der Waals surface area contributed by atoms with Gasteiger partial charge in [-0.05, 0) is 39.7 Å². The van der Waals surface area contributed by atoms with Crippen molar-refractivity contribution in [2.45, 2.75) is 52.7 Å². The zero-order chi connectivity index (χ0) is 18.3. The summed E-state index contributed by atoms with van der Waals surface area (Å²) in [5.41, 5.74) is -0.690. The second-order valence-electron chi connectivity index (χ2n) is 7.39. The molecule has 24 heavy (non-hydrogen) atoms. The van der Waals surface area contributed by atoms with E-state index in [4.69, 9.17) is 25.6 Å². The van der Waals surface area contributed by atoms with Gasteiger partial charge in [0.15, 0.2) is 5.75 Å². The Morgan fingerprint density at radius 1 is 1.25 bits per heavy atom. The number of nitro benzene ring substituents is 1. The number of hydrogen-bond donors (Lipinski definition) is 0. The summed E-state index contributed by atoms with van der Waals surface area (Å²) in [6, 6.07) is 2.84. The summed E-state index contributed by atoms with van der Waals surface area (Å²) in [6.07, 6.45) is 0.